The quantitative estimate of drug-likeness (QED) is 0.866. The molecule has 0 N–H and O–H groups in total. The van der Waals surface area contributed by atoms with Crippen LogP contribution in [0.15, 0.2) is 48.5 Å². The molecule has 0 unspecified atom stereocenters. The molecule has 0 radical (unpaired) electrons. The summed E-state index contributed by atoms with van der Waals surface area (Å²) in [4.78, 5) is 13.8. The van der Waals surface area contributed by atoms with Crippen molar-refractivity contribution in [2.75, 3.05) is 13.2 Å². The second kappa shape index (κ2) is 6.22. The third-order valence-electron chi connectivity index (χ3n) is 4.21. The lowest BCUT2D eigenvalue weighted by Crippen LogP contribution is -2.37. The molecule has 0 fully saturated rings. The molecule has 3 rings (SSSR count). The Balaban J connectivity index is 2.03. The normalized spacial score (nSPS) is 17.0. The molecule has 1 amide bonds. The van der Waals surface area contributed by atoms with Crippen molar-refractivity contribution in [1.82, 2.24) is 4.90 Å². The number of carbonyl (C=O) groups is 1. The van der Waals surface area contributed by atoms with Crippen LogP contribution in [0, 0.1) is 0 Å². The van der Waals surface area contributed by atoms with Gasteiger partial charge in [0, 0.05) is 25.9 Å². The van der Waals surface area contributed by atoms with Crippen molar-refractivity contribution in [1.29, 1.82) is 0 Å². The molecule has 1 aliphatic rings. The van der Waals surface area contributed by atoms with Crippen LogP contribution in [0.3, 0.4) is 0 Å². The van der Waals surface area contributed by atoms with Crippen molar-refractivity contribution in [2.45, 2.75) is 26.3 Å². The van der Waals surface area contributed by atoms with Crippen LogP contribution in [0.5, 0.6) is 5.75 Å². The Labute approximate surface area is 131 Å². The minimum Gasteiger partial charge on any atom is -0.494 e. The molecule has 3 heteroatoms. The van der Waals surface area contributed by atoms with Crippen LogP contribution in [0.4, 0.5) is 0 Å². The lowest BCUT2D eigenvalue weighted by Gasteiger charge is -2.34. The van der Waals surface area contributed by atoms with Gasteiger partial charge < -0.3 is 9.64 Å². The Morgan fingerprint density at radius 1 is 1.23 bits per heavy atom. The van der Waals surface area contributed by atoms with Gasteiger partial charge >= 0.3 is 0 Å². The van der Waals surface area contributed by atoms with Gasteiger partial charge in [-0.05, 0) is 35.7 Å². The standard InChI is InChI=1S/C19H21NO2/c1-3-22-17-9-10-18-16(11-17)12-20(14(2)21)13-19(18)15-7-5-4-6-8-15/h4-11,19H,3,12-13H2,1-2H3/t19-/m1/s1. The summed E-state index contributed by atoms with van der Waals surface area (Å²) in [5, 5.41) is 0. The Kier molecular flexibility index (Phi) is 4.14. The Morgan fingerprint density at radius 3 is 2.68 bits per heavy atom. The number of hydrogen-bond donors (Lipinski definition) is 0. The molecule has 22 heavy (non-hydrogen) atoms. The zero-order valence-corrected chi connectivity index (χ0v) is 13.1. The Hall–Kier alpha value is -2.29. The smallest absolute Gasteiger partial charge is 0.219 e. The fourth-order valence-corrected chi connectivity index (χ4v) is 3.11. The highest BCUT2D eigenvalue weighted by molar-refractivity contribution is 5.74. The summed E-state index contributed by atoms with van der Waals surface area (Å²) >= 11 is 0. The van der Waals surface area contributed by atoms with E-state index in [0.29, 0.717) is 13.2 Å². The van der Waals surface area contributed by atoms with Gasteiger partial charge in [0.25, 0.3) is 0 Å². The number of ether oxygens (including phenoxy) is 1. The molecule has 0 aliphatic carbocycles. The van der Waals surface area contributed by atoms with Crippen molar-refractivity contribution in [2.24, 2.45) is 0 Å². The highest BCUT2D eigenvalue weighted by Gasteiger charge is 2.28. The van der Waals surface area contributed by atoms with Crippen LogP contribution in [-0.4, -0.2) is 24.0 Å². The first-order valence-corrected chi connectivity index (χ1v) is 7.75. The first kappa shape index (κ1) is 14.6. The summed E-state index contributed by atoms with van der Waals surface area (Å²) < 4.78 is 5.61. The predicted molar refractivity (Wildman–Crippen MR) is 87.0 cm³/mol. The summed E-state index contributed by atoms with van der Waals surface area (Å²) in [5.41, 5.74) is 3.73. The first-order valence-electron chi connectivity index (χ1n) is 7.75. The largest absolute Gasteiger partial charge is 0.494 e. The lowest BCUT2D eigenvalue weighted by atomic mass is 9.84. The van der Waals surface area contributed by atoms with Crippen LogP contribution in [0.25, 0.3) is 0 Å². The van der Waals surface area contributed by atoms with Crippen molar-refractivity contribution in [3.05, 3.63) is 65.2 Å². The maximum atomic E-state index is 11.9. The summed E-state index contributed by atoms with van der Waals surface area (Å²) in [6.07, 6.45) is 0. The molecule has 2 aromatic rings. The average molecular weight is 295 g/mol. The van der Waals surface area contributed by atoms with Crippen molar-refractivity contribution in [3.63, 3.8) is 0 Å². The van der Waals surface area contributed by atoms with Gasteiger partial charge in [-0.3, -0.25) is 4.79 Å². The van der Waals surface area contributed by atoms with Crippen LogP contribution < -0.4 is 4.74 Å². The third-order valence-corrected chi connectivity index (χ3v) is 4.21. The summed E-state index contributed by atoms with van der Waals surface area (Å²) in [5.74, 6) is 1.22. The SMILES string of the molecule is CCOc1ccc2c(c1)CN(C(C)=O)C[C@@H]2c1ccccc1. The third kappa shape index (κ3) is 2.84. The summed E-state index contributed by atoms with van der Waals surface area (Å²) in [7, 11) is 0. The van der Waals surface area contributed by atoms with Gasteiger partial charge in [0.05, 0.1) is 6.61 Å². The van der Waals surface area contributed by atoms with Gasteiger partial charge in [-0.2, -0.15) is 0 Å². The lowest BCUT2D eigenvalue weighted by molar-refractivity contribution is -0.129. The summed E-state index contributed by atoms with van der Waals surface area (Å²) in [6, 6.07) is 16.6. The molecular weight excluding hydrogens is 274 g/mol. The van der Waals surface area contributed by atoms with Gasteiger partial charge in [-0.15, -0.1) is 0 Å². The van der Waals surface area contributed by atoms with Gasteiger partial charge in [-0.25, -0.2) is 0 Å². The second-order valence-electron chi connectivity index (χ2n) is 5.66. The van der Waals surface area contributed by atoms with Gasteiger partial charge in [0.15, 0.2) is 0 Å². The molecule has 0 spiro atoms. The van der Waals surface area contributed by atoms with Crippen LogP contribution in [-0.2, 0) is 11.3 Å². The monoisotopic (exact) mass is 295 g/mol. The summed E-state index contributed by atoms with van der Waals surface area (Å²) in [6.45, 7) is 5.67. The minimum absolute atomic E-state index is 0.119. The number of amides is 1. The van der Waals surface area contributed by atoms with E-state index in [1.54, 1.807) is 6.92 Å². The van der Waals surface area contributed by atoms with Crippen molar-refractivity contribution >= 4 is 5.91 Å². The molecule has 0 bridgehead atoms. The fraction of sp³-hybridized carbons (Fsp3) is 0.316. The van der Waals surface area contributed by atoms with Gasteiger partial charge in [0.1, 0.15) is 5.75 Å². The maximum absolute atomic E-state index is 11.9. The van der Waals surface area contributed by atoms with E-state index >= 15 is 0 Å². The number of fused-ring (bicyclic) bond motifs is 1. The van der Waals surface area contributed by atoms with E-state index in [1.165, 1.54) is 16.7 Å². The number of benzene rings is 2. The molecule has 3 nitrogen and oxygen atoms in total. The first-order chi connectivity index (χ1) is 10.7. The molecule has 2 aromatic carbocycles. The van der Waals surface area contributed by atoms with E-state index in [4.69, 9.17) is 4.74 Å². The van der Waals surface area contributed by atoms with Crippen molar-refractivity contribution in [3.8, 4) is 5.75 Å². The van der Waals surface area contributed by atoms with Crippen LogP contribution in [0.1, 0.15) is 36.5 Å². The Bertz CT molecular complexity index is 666. The number of carbonyl (C=O) groups excluding carboxylic acids is 1. The van der Waals surface area contributed by atoms with Crippen LogP contribution in [0.2, 0.25) is 0 Å². The van der Waals surface area contributed by atoms with E-state index in [1.807, 2.05) is 24.0 Å². The van der Waals surface area contributed by atoms with E-state index in [0.717, 1.165) is 12.3 Å². The molecule has 1 heterocycles. The maximum Gasteiger partial charge on any atom is 0.219 e. The van der Waals surface area contributed by atoms with Gasteiger partial charge in [0.2, 0.25) is 5.91 Å². The molecular formula is C19H21NO2. The highest BCUT2D eigenvalue weighted by atomic mass is 16.5. The zero-order chi connectivity index (χ0) is 15.5. The van der Waals surface area contributed by atoms with E-state index in [9.17, 15) is 4.79 Å². The van der Waals surface area contributed by atoms with Crippen molar-refractivity contribution < 1.29 is 9.53 Å². The molecule has 114 valence electrons. The highest BCUT2D eigenvalue weighted by Crippen LogP contribution is 2.35. The molecule has 1 aliphatic heterocycles. The predicted octanol–water partition coefficient (Wildman–Crippen LogP) is 3.58. The molecule has 0 saturated heterocycles. The van der Waals surface area contributed by atoms with E-state index in [2.05, 4.69) is 36.4 Å². The second-order valence-corrected chi connectivity index (χ2v) is 5.66. The number of rotatable bonds is 3. The van der Waals surface area contributed by atoms with E-state index in [-0.39, 0.29) is 11.8 Å². The van der Waals surface area contributed by atoms with Gasteiger partial charge in [-0.1, -0.05) is 36.4 Å². The van der Waals surface area contributed by atoms with E-state index < -0.39 is 0 Å². The average Bonchev–Trinajstić information content (AvgIpc) is 2.54. The zero-order valence-electron chi connectivity index (χ0n) is 13.1. The minimum atomic E-state index is 0.119. The molecule has 0 aromatic heterocycles. The number of nitrogens with zero attached hydrogens (tertiary/aromatic N) is 1. The van der Waals surface area contributed by atoms with Crippen LogP contribution >= 0.6 is 0 Å². The topological polar surface area (TPSA) is 29.5 Å². The number of hydrogen-bond acceptors (Lipinski definition) is 2. The molecule has 1 atom stereocenters. The Morgan fingerprint density at radius 2 is 2.00 bits per heavy atom. The fourth-order valence-electron chi connectivity index (χ4n) is 3.11. The molecule has 0 saturated carbocycles.